The Kier molecular flexibility index (Phi) is 7.70. The van der Waals surface area contributed by atoms with E-state index in [0.29, 0.717) is 41.1 Å². The molecule has 1 amide bonds. The minimum atomic E-state index is -0.185. The van der Waals surface area contributed by atoms with Gasteiger partial charge in [0.1, 0.15) is 6.61 Å². The first kappa shape index (κ1) is 25.5. The number of carbonyl (C=O) groups excluding carboxylic acids is 1. The maximum Gasteiger partial charge on any atom is 0.255 e. The molecule has 0 saturated carbocycles. The predicted octanol–water partition coefficient (Wildman–Crippen LogP) is 5.76. The smallest absolute Gasteiger partial charge is 0.255 e. The van der Waals surface area contributed by atoms with Gasteiger partial charge in [0.05, 0.1) is 7.11 Å². The predicted molar refractivity (Wildman–Crippen MR) is 147 cm³/mol. The summed E-state index contributed by atoms with van der Waals surface area (Å²) in [7, 11) is 1.62. The van der Waals surface area contributed by atoms with Crippen LogP contribution in [0.25, 0.3) is 22.5 Å². The average molecular weight is 513 g/mol. The lowest BCUT2D eigenvalue weighted by atomic mass is 9.97. The normalized spacial score (nSPS) is 13.4. The molecule has 2 heterocycles. The highest BCUT2D eigenvalue weighted by atomic mass is 16.5. The summed E-state index contributed by atoms with van der Waals surface area (Å²) < 4.78 is 16.5. The van der Waals surface area contributed by atoms with Gasteiger partial charge in [-0.15, -0.1) is 0 Å². The Morgan fingerprint density at radius 1 is 0.974 bits per heavy atom. The molecule has 0 spiro atoms. The van der Waals surface area contributed by atoms with Crippen LogP contribution in [0.5, 0.6) is 11.5 Å². The molecule has 1 aliphatic rings. The van der Waals surface area contributed by atoms with Crippen molar-refractivity contribution in [1.82, 2.24) is 15.0 Å². The zero-order chi connectivity index (χ0) is 26.5. The number of rotatable bonds is 9. The minimum absolute atomic E-state index is 0.185. The first-order valence-corrected chi connectivity index (χ1v) is 12.9. The summed E-state index contributed by atoms with van der Waals surface area (Å²) in [6, 6.07) is 19.1. The Morgan fingerprint density at radius 3 is 2.42 bits per heavy atom. The lowest BCUT2D eigenvalue weighted by Crippen LogP contribution is -2.25. The van der Waals surface area contributed by atoms with Gasteiger partial charge in [-0.25, -0.2) is 0 Å². The summed E-state index contributed by atoms with van der Waals surface area (Å²) in [4.78, 5) is 19.7. The minimum Gasteiger partial charge on any atom is -0.493 e. The van der Waals surface area contributed by atoms with E-state index in [2.05, 4.69) is 20.4 Å². The molecule has 5 rings (SSSR count). The Bertz CT molecular complexity index is 1410. The highest BCUT2D eigenvalue weighted by Crippen LogP contribution is 2.31. The monoisotopic (exact) mass is 512 g/mol. The Balaban J connectivity index is 1.25. The number of nitrogens with zero attached hydrogens (tertiary/aromatic N) is 3. The Morgan fingerprint density at radius 2 is 1.74 bits per heavy atom. The van der Waals surface area contributed by atoms with E-state index in [1.54, 1.807) is 14.0 Å². The standard InChI is InChI=1S/C30H32N4O4/c1-20-18-24(10-12-26(20)22-6-8-23(9-7-22)29-31-21(2)38-33-29)30(35)32-25-11-13-27(36-3)28(19-25)37-17-16-34-14-4-5-15-34/h6-13,18-19H,4-5,14-17H2,1-3H3,(H,32,35). The van der Waals surface area contributed by atoms with Crippen molar-refractivity contribution in [2.45, 2.75) is 26.7 Å². The van der Waals surface area contributed by atoms with Gasteiger partial charge in [0.15, 0.2) is 11.5 Å². The fourth-order valence-electron chi connectivity index (χ4n) is 4.71. The van der Waals surface area contributed by atoms with Crippen LogP contribution in [0.15, 0.2) is 65.2 Å². The SMILES string of the molecule is COc1ccc(NC(=O)c2ccc(-c3ccc(-c4noc(C)n4)cc3)c(C)c2)cc1OCCN1CCCC1. The lowest BCUT2D eigenvalue weighted by molar-refractivity contribution is 0.102. The first-order chi connectivity index (χ1) is 18.5. The van der Waals surface area contributed by atoms with Crippen molar-refractivity contribution in [3.05, 3.63) is 77.7 Å². The second kappa shape index (κ2) is 11.5. The number of ether oxygens (including phenoxy) is 2. The molecule has 1 N–H and O–H groups in total. The van der Waals surface area contributed by atoms with Gasteiger partial charge < -0.3 is 19.3 Å². The molecule has 0 aliphatic carbocycles. The molecule has 196 valence electrons. The maximum absolute atomic E-state index is 13.1. The van der Waals surface area contributed by atoms with Gasteiger partial charge in [-0.1, -0.05) is 35.5 Å². The van der Waals surface area contributed by atoms with Crippen LogP contribution in [0.4, 0.5) is 5.69 Å². The molecule has 0 radical (unpaired) electrons. The highest BCUT2D eigenvalue weighted by Gasteiger charge is 2.14. The van der Waals surface area contributed by atoms with Crippen molar-refractivity contribution in [3.63, 3.8) is 0 Å². The highest BCUT2D eigenvalue weighted by molar-refractivity contribution is 6.04. The molecule has 1 aliphatic heterocycles. The van der Waals surface area contributed by atoms with E-state index < -0.39 is 0 Å². The largest absolute Gasteiger partial charge is 0.493 e. The van der Waals surface area contributed by atoms with Crippen molar-refractivity contribution in [2.24, 2.45) is 0 Å². The number of aromatic nitrogens is 2. The average Bonchev–Trinajstić information content (AvgIpc) is 3.61. The number of hydrogen-bond acceptors (Lipinski definition) is 7. The molecule has 0 bridgehead atoms. The summed E-state index contributed by atoms with van der Waals surface area (Å²) in [5.41, 5.74) is 5.22. The van der Waals surface area contributed by atoms with E-state index in [1.165, 1.54) is 12.8 Å². The number of carbonyl (C=O) groups is 1. The van der Waals surface area contributed by atoms with Crippen LogP contribution in [0.3, 0.4) is 0 Å². The van der Waals surface area contributed by atoms with Crippen molar-refractivity contribution in [3.8, 4) is 34.0 Å². The van der Waals surface area contributed by atoms with Gasteiger partial charge in [0.25, 0.3) is 5.91 Å². The van der Waals surface area contributed by atoms with Crippen LogP contribution >= 0.6 is 0 Å². The summed E-state index contributed by atoms with van der Waals surface area (Å²) >= 11 is 0. The van der Waals surface area contributed by atoms with Gasteiger partial charge in [-0.05, 0) is 73.8 Å². The lowest BCUT2D eigenvalue weighted by Gasteiger charge is -2.17. The first-order valence-electron chi connectivity index (χ1n) is 12.9. The van der Waals surface area contributed by atoms with Gasteiger partial charge in [-0.2, -0.15) is 4.98 Å². The van der Waals surface area contributed by atoms with E-state index >= 15 is 0 Å². The molecule has 3 aromatic carbocycles. The number of benzene rings is 3. The van der Waals surface area contributed by atoms with Crippen LogP contribution in [0, 0.1) is 13.8 Å². The van der Waals surface area contributed by atoms with E-state index in [4.69, 9.17) is 14.0 Å². The third-order valence-corrected chi connectivity index (χ3v) is 6.76. The van der Waals surface area contributed by atoms with E-state index in [1.807, 2.05) is 67.6 Å². The second-order valence-electron chi connectivity index (χ2n) is 9.46. The topological polar surface area (TPSA) is 89.7 Å². The number of likely N-dealkylation sites (tertiary alicyclic amines) is 1. The van der Waals surface area contributed by atoms with E-state index in [-0.39, 0.29) is 5.91 Å². The van der Waals surface area contributed by atoms with Crippen LogP contribution in [-0.4, -0.2) is 54.3 Å². The van der Waals surface area contributed by atoms with Crippen LogP contribution in [0.2, 0.25) is 0 Å². The zero-order valence-electron chi connectivity index (χ0n) is 22.0. The summed E-state index contributed by atoms with van der Waals surface area (Å²) in [5.74, 6) is 2.18. The number of methoxy groups -OCH3 is 1. The molecule has 1 saturated heterocycles. The summed E-state index contributed by atoms with van der Waals surface area (Å²) in [6.45, 7) is 7.47. The fourth-order valence-corrected chi connectivity index (χ4v) is 4.71. The Hall–Kier alpha value is -4.17. The fraction of sp³-hybridized carbons (Fsp3) is 0.300. The van der Waals surface area contributed by atoms with Gasteiger partial charge in [0, 0.05) is 36.3 Å². The molecule has 1 fully saturated rings. The second-order valence-corrected chi connectivity index (χ2v) is 9.46. The molecule has 38 heavy (non-hydrogen) atoms. The molecule has 0 unspecified atom stereocenters. The molecule has 4 aromatic rings. The van der Waals surface area contributed by atoms with Crippen molar-refractivity contribution in [2.75, 3.05) is 38.7 Å². The molecule has 1 aromatic heterocycles. The van der Waals surface area contributed by atoms with Crippen molar-refractivity contribution in [1.29, 1.82) is 0 Å². The van der Waals surface area contributed by atoms with Gasteiger partial charge in [0.2, 0.25) is 11.7 Å². The summed E-state index contributed by atoms with van der Waals surface area (Å²) in [6.07, 6.45) is 2.50. The third-order valence-electron chi connectivity index (χ3n) is 6.76. The third kappa shape index (κ3) is 5.86. The van der Waals surface area contributed by atoms with Crippen molar-refractivity contribution < 1.29 is 18.8 Å². The number of nitrogens with one attached hydrogen (secondary N) is 1. The number of hydrogen-bond donors (Lipinski definition) is 1. The zero-order valence-corrected chi connectivity index (χ0v) is 22.0. The number of aryl methyl sites for hydroxylation is 2. The van der Waals surface area contributed by atoms with Gasteiger partial charge >= 0.3 is 0 Å². The molecule has 0 atom stereocenters. The van der Waals surface area contributed by atoms with E-state index in [9.17, 15) is 4.79 Å². The number of anilines is 1. The molecule has 8 heteroatoms. The summed E-state index contributed by atoms with van der Waals surface area (Å²) in [5, 5.41) is 6.96. The number of amides is 1. The van der Waals surface area contributed by atoms with Crippen molar-refractivity contribution >= 4 is 11.6 Å². The quantitative estimate of drug-likeness (QED) is 0.305. The van der Waals surface area contributed by atoms with Crippen LogP contribution in [0.1, 0.15) is 34.7 Å². The molecular weight excluding hydrogens is 480 g/mol. The van der Waals surface area contributed by atoms with Crippen LogP contribution < -0.4 is 14.8 Å². The molecular formula is C30H32N4O4. The Labute approximate surface area is 222 Å². The van der Waals surface area contributed by atoms with E-state index in [0.717, 1.165) is 41.9 Å². The van der Waals surface area contributed by atoms with Gasteiger partial charge in [-0.3, -0.25) is 9.69 Å². The maximum atomic E-state index is 13.1. The molecule has 8 nitrogen and oxygen atoms in total. The van der Waals surface area contributed by atoms with Crippen LogP contribution in [-0.2, 0) is 0 Å².